The lowest BCUT2D eigenvalue weighted by molar-refractivity contribution is -0.0171. The lowest BCUT2D eigenvalue weighted by Gasteiger charge is -2.36. The molecule has 7 heteroatoms. The number of rotatable bonds is 4. The van der Waals surface area contributed by atoms with E-state index in [0.717, 1.165) is 69.9 Å². The first-order valence-corrected chi connectivity index (χ1v) is 8.11. The molecule has 2 saturated heterocycles. The van der Waals surface area contributed by atoms with Gasteiger partial charge in [0.15, 0.2) is 0 Å². The van der Waals surface area contributed by atoms with Gasteiger partial charge in [-0.15, -0.1) is 0 Å². The van der Waals surface area contributed by atoms with E-state index in [2.05, 4.69) is 26.1 Å². The standard InChI is InChI=1S/C13H22N4O2S/c1-2-12-14-13(20-15-12)17-5-8-19-11(10-17)9-16-3-6-18-7-4-16/h11H,2-10H2,1H3. The summed E-state index contributed by atoms with van der Waals surface area (Å²) in [6, 6.07) is 0. The lowest BCUT2D eigenvalue weighted by Crippen LogP contribution is -2.49. The molecule has 2 aliphatic rings. The zero-order valence-corrected chi connectivity index (χ0v) is 12.8. The maximum atomic E-state index is 5.90. The van der Waals surface area contributed by atoms with Gasteiger partial charge in [0.05, 0.1) is 25.9 Å². The van der Waals surface area contributed by atoms with E-state index in [1.807, 2.05) is 0 Å². The molecule has 0 aromatic carbocycles. The zero-order chi connectivity index (χ0) is 13.8. The van der Waals surface area contributed by atoms with Gasteiger partial charge in [0.2, 0.25) is 5.13 Å². The van der Waals surface area contributed by atoms with Crippen molar-refractivity contribution < 1.29 is 9.47 Å². The number of aryl methyl sites for hydroxylation is 1. The summed E-state index contributed by atoms with van der Waals surface area (Å²) in [5, 5.41) is 1.04. The monoisotopic (exact) mass is 298 g/mol. The Balaban J connectivity index is 1.55. The summed E-state index contributed by atoms with van der Waals surface area (Å²) in [4.78, 5) is 9.31. The van der Waals surface area contributed by atoms with Crippen molar-refractivity contribution in [3.63, 3.8) is 0 Å². The Kier molecular flexibility index (Phi) is 4.82. The molecule has 0 saturated carbocycles. The van der Waals surface area contributed by atoms with Gasteiger partial charge in [-0.05, 0) is 0 Å². The van der Waals surface area contributed by atoms with Gasteiger partial charge in [-0.2, -0.15) is 4.37 Å². The fraction of sp³-hybridized carbons (Fsp3) is 0.846. The summed E-state index contributed by atoms with van der Waals surface area (Å²) in [6.45, 7) is 9.38. The molecule has 1 unspecified atom stereocenters. The molecular formula is C13H22N4O2S. The van der Waals surface area contributed by atoms with E-state index in [9.17, 15) is 0 Å². The van der Waals surface area contributed by atoms with E-state index >= 15 is 0 Å². The third-order valence-corrected chi connectivity index (χ3v) is 4.56. The van der Waals surface area contributed by atoms with Crippen molar-refractivity contribution >= 4 is 16.7 Å². The number of morpholine rings is 2. The molecule has 0 N–H and O–H groups in total. The van der Waals surface area contributed by atoms with Crippen molar-refractivity contribution in [2.45, 2.75) is 19.4 Å². The molecule has 0 aliphatic carbocycles. The molecule has 0 bridgehead atoms. The van der Waals surface area contributed by atoms with Crippen LogP contribution >= 0.6 is 11.5 Å². The molecule has 3 heterocycles. The molecule has 20 heavy (non-hydrogen) atoms. The molecule has 6 nitrogen and oxygen atoms in total. The Hall–Kier alpha value is -0.760. The van der Waals surface area contributed by atoms with E-state index in [1.165, 1.54) is 11.5 Å². The first-order valence-electron chi connectivity index (χ1n) is 7.34. The Morgan fingerprint density at radius 2 is 2.10 bits per heavy atom. The molecule has 0 amide bonds. The number of hydrogen-bond acceptors (Lipinski definition) is 7. The number of hydrogen-bond donors (Lipinski definition) is 0. The predicted molar refractivity (Wildman–Crippen MR) is 78.5 cm³/mol. The van der Waals surface area contributed by atoms with Gasteiger partial charge in [0.25, 0.3) is 0 Å². The minimum Gasteiger partial charge on any atom is -0.379 e. The van der Waals surface area contributed by atoms with Crippen molar-refractivity contribution in [1.29, 1.82) is 0 Å². The highest BCUT2D eigenvalue weighted by molar-refractivity contribution is 7.09. The maximum Gasteiger partial charge on any atom is 0.205 e. The topological polar surface area (TPSA) is 50.7 Å². The van der Waals surface area contributed by atoms with Gasteiger partial charge in [-0.25, -0.2) is 4.98 Å². The van der Waals surface area contributed by atoms with Crippen molar-refractivity contribution in [3.05, 3.63) is 5.82 Å². The second-order valence-corrected chi connectivity index (χ2v) is 5.93. The third-order valence-electron chi connectivity index (χ3n) is 3.75. The molecule has 2 fully saturated rings. The fourth-order valence-electron chi connectivity index (χ4n) is 2.59. The van der Waals surface area contributed by atoms with Crippen LogP contribution in [0.15, 0.2) is 0 Å². The van der Waals surface area contributed by atoms with Crippen LogP contribution in [-0.4, -0.2) is 72.9 Å². The van der Waals surface area contributed by atoms with Crippen LogP contribution in [0.4, 0.5) is 5.13 Å². The average Bonchev–Trinajstić information content (AvgIpc) is 2.98. The molecule has 0 radical (unpaired) electrons. The lowest BCUT2D eigenvalue weighted by atomic mass is 10.2. The minimum absolute atomic E-state index is 0.260. The molecule has 112 valence electrons. The second kappa shape index (κ2) is 6.80. The van der Waals surface area contributed by atoms with Crippen LogP contribution in [0.2, 0.25) is 0 Å². The summed E-state index contributed by atoms with van der Waals surface area (Å²) in [5.41, 5.74) is 0. The van der Waals surface area contributed by atoms with Crippen molar-refractivity contribution in [1.82, 2.24) is 14.3 Å². The molecule has 3 rings (SSSR count). The Morgan fingerprint density at radius 3 is 2.85 bits per heavy atom. The largest absolute Gasteiger partial charge is 0.379 e. The van der Waals surface area contributed by atoms with E-state index in [1.54, 1.807) is 0 Å². The zero-order valence-electron chi connectivity index (χ0n) is 12.0. The summed E-state index contributed by atoms with van der Waals surface area (Å²) in [6.07, 6.45) is 1.16. The average molecular weight is 298 g/mol. The predicted octanol–water partition coefficient (Wildman–Crippen LogP) is 0.638. The van der Waals surface area contributed by atoms with Crippen LogP contribution in [0.25, 0.3) is 0 Å². The number of anilines is 1. The second-order valence-electron chi connectivity index (χ2n) is 5.20. The van der Waals surface area contributed by atoms with Crippen molar-refractivity contribution in [2.75, 3.05) is 57.4 Å². The summed E-state index contributed by atoms with van der Waals surface area (Å²) in [5.74, 6) is 0.946. The van der Waals surface area contributed by atoms with Gasteiger partial charge in [0.1, 0.15) is 5.82 Å². The first-order chi connectivity index (χ1) is 9.85. The van der Waals surface area contributed by atoms with Crippen LogP contribution in [0.5, 0.6) is 0 Å². The number of aromatic nitrogens is 2. The van der Waals surface area contributed by atoms with E-state index in [0.29, 0.717) is 0 Å². The van der Waals surface area contributed by atoms with Crippen LogP contribution < -0.4 is 4.90 Å². The quantitative estimate of drug-likeness (QED) is 0.813. The third kappa shape index (κ3) is 3.46. The van der Waals surface area contributed by atoms with Crippen LogP contribution in [0, 0.1) is 0 Å². The van der Waals surface area contributed by atoms with E-state index in [-0.39, 0.29) is 6.10 Å². The van der Waals surface area contributed by atoms with Gasteiger partial charge < -0.3 is 14.4 Å². The number of nitrogens with zero attached hydrogens (tertiary/aromatic N) is 4. The van der Waals surface area contributed by atoms with E-state index in [4.69, 9.17) is 9.47 Å². The smallest absolute Gasteiger partial charge is 0.205 e. The maximum absolute atomic E-state index is 5.90. The van der Waals surface area contributed by atoms with Gasteiger partial charge in [-0.3, -0.25) is 4.90 Å². The van der Waals surface area contributed by atoms with Gasteiger partial charge >= 0.3 is 0 Å². The molecule has 1 aromatic rings. The molecule has 2 aliphatic heterocycles. The summed E-state index contributed by atoms with van der Waals surface area (Å²) < 4.78 is 15.7. The van der Waals surface area contributed by atoms with Crippen LogP contribution in [0.1, 0.15) is 12.7 Å². The highest BCUT2D eigenvalue weighted by Crippen LogP contribution is 2.20. The SMILES string of the molecule is CCc1nsc(N2CCOC(CN3CCOCC3)C2)n1. The molecule has 1 aromatic heterocycles. The molecular weight excluding hydrogens is 276 g/mol. The Morgan fingerprint density at radius 1 is 1.25 bits per heavy atom. The minimum atomic E-state index is 0.260. The normalized spacial score (nSPS) is 25.1. The van der Waals surface area contributed by atoms with Gasteiger partial charge in [-0.1, -0.05) is 6.92 Å². The molecule has 1 atom stereocenters. The highest BCUT2D eigenvalue weighted by Gasteiger charge is 2.25. The van der Waals surface area contributed by atoms with Crippen molar-refractivity contribution in [2.24, 2.45) is 0 Å². The highest BCUT2D eigenvalue weighted by atomic mass is 32.1. The van der Waals surface area contributed by atoms with Crippen LogP contribution in [0.3, 0.4) is 0 Å². The Labute approximate surface area is 123 Å². The fourth-order valence-corrected chi connectivity index (χ4v) is 3.38. The van der Waals surface area contributed by atoms with E-state index < -0.39 is 0 Å². The number of ether oxygens (including phenoxy) is 2. The van der Waals surface area contributed by atoms with Crippen LogP contribution in [-0.2, 0) is 15.9 Å². The van der Waals surface area contributed by atoms with Crippen molar-refractivity contribution in [3.8, 4) is 0 Å². The molecule has 0 spiro atoms. The summed E-state index contributed by atoms with van der Waals surface area (Å²) >= 11 is 1.50. The Bertz CT molecular complexity index is 422. The summed E-state index contributed by atoms with van der Waals surface area (Å²) in [7, 11) is 0. The van der Waals surface area contributed by atoms with Gasteiger partial charge in [0, 0.05) is 50.7 Å². The first kappa shape index (κ1) is 14.2.